The van der Waals surface area contributed by atoms with Crippen LogP contribution in [0.2, 0.25) is 0 Å². The van der Waals surface area contributed by atoms with Crippen LogP contribution in [-0.4, -0.2) is 46.9 Å². The maximum absolute atomic E-state index is 12.7. The van der Waals surface area contributed by atoms with Gasteiger partial charge in [-0.3, -0.25) is 14.4 Å². The summed E-state index contributed by atoms with van der Waals surface area (Å²) in [5, 5.41) is 12.2. The Morgan fingerprint density at radius 3 is 2.30 bits per heavy atom. The number of hydrogen-bond acceptors (Lipinski definition) is 3. The Balaban J connectivity index is 1.53. The summed E-state index contributed by atoms with van der Waals surface area (Å²) in [4.78, 5) is 38.2. The molecule has 3 rings (SSSR count). The van der Waals surface area contributed by atoms with E-state index in [4.69, 9.17) is 5.11 Å². The fraction of sp³-hybridized carbons (Fsp3) is 0.571. The first-order valence-electron chi connectivity index (χ1n) is 9.83. The quantitative estimate of drug-likeness (QED) is 0.851. The lowest BCUT2D eigenvalue weighted by Crippen LogP contribution is -2.48. The van der Waals surface area contributed by atoms with Gasteiger partial charge in [0.05, 0.1) is 11.8 Å². The Labute approximate surface area is 159 Å². The number of piperidine rings is 1. The number of amides is 2. The molecule has 2 amide bonds. The number of carboxylic acids is 1. The van der Waals surface area contributed by atoms with E-state index in [1.807, 2.05) is 31.2 Å². The zero-order chi connectivity index (χ0) is 19.4. The van der Waals surface area contributed by atoms with Crippen molar-refractivity contribution in [3.05, 3.63) is 35.4 Å². The molecule has 2 aliphatic rings. The maximum Gasteiger partial charge on any atom is 0.306 e. The average molecular weight is 372 g/mol. The average Bonchev–Trinajstić information content (AvgIpc) is 2.68. The van der Waals surface area contributed by atoms with Crippen LogP contribution in [0.5, 0.6) is 0 Å². The second-order valence-electron chi connectivity index (χ2n) is 7.85. The molecule has 0 spiro atoms. The molecule has 2 fully saturated rings. The molecule has 27 heavy (non-hydrogen) atoms. The first kappa shape index (κ1) is 19.4. The summed E-state index contributed by atoms with van der Waals surface area (Å²) in [6.45, 7) is 3.11. The molecular weight excluding hydrogens is 344 g/mol. The maximum atomic E-state index is 12.7. The minimum Gasteiger partial charge on any atom is -0.481 e. The van der Waals surface area contributed by atoms with E-state index in [0.29, 0.717) is 44.3 Å². The molecule has 1 saturated heterocycles. The van der Waals surface area contributed by atoms with E-state index >= 15 is 0 Å². The number of carbonyl (C=O) groups excluding carboxylic acids is 2. The van der Waals surface area contributed by atoms with Crippen LogP contribution in [0.1, 0.15) is 54.4 Å². The number of likely N-dealkylation sites (tertiary alicyclic amines) is 1. The van der Waals surface area contributed by atoms with Crippen molar-refractivity contribution in [2.24, 2.45) is 11.8 Å². The number of aryl methyl sites for hydroxylation is 1. The predicted molar refractivity (Wildman–Crippen MR) is 101 cm³/mol. The Hall–Kier alpha value is -2.37. The van der Waals surface area contributed by atoms with Gasteiger partial charge in [0, 0.05) is 24.7 Å². The molecule has 1 unspecified atom stereocenters. The van der Waals surface area contributed by atoms with E-state index in [1.165, 1.54) is 0 Å². The van der Waals surface area contributed by atoms with Crippen molar-refractivity contribution in [2.75, 3.05) is 13.1 Å². The summed E-state index contributed by atoms with van der Waals surface area (Å²) in [6.07, 6.45) is 4.25. The molecule has 1 atom stereocenters. The van der Waals surface area contributed by atoms with Crippen LogP contribution in [0.25, 0.3) is 0 Å². The van der Waals surface area contributed by atoms with Gasteiger partial charge in [0.25, 0.3) is 5.91 Å². The minimum atomic E-state index is -0.739. The molecule has 1 heterocycles. The lowest BCUT2D eigenvalue weighted by atomic mass is 9.85. The van der Waals surface area contributed by atoms with Gasteiger partial charge in [0.15, 0.2) is 0 Å². The first-order chi connectivity index (χ1) is 12.9. The molecule has 1 aromatic rings. The Kier molecular flexibility index (Phi) is 6.14. The fourth-order valence-electron chi connectivity index (χ4n) is 4.06. The molecule has 1 saturated carbocycles. The van der Waals surface area contributed by atoms with Crippen LogP contribution in [0.15, 0.2) is 24.3 Å². The van der Waals surface area contributed by atoms with Crippen LogP contribution in [0, 0.1) is 18.8 Å². The van der Waals surface area contributed by atoms with Crippen LogP contribution in [-0.2, 0) is 9.59 Å². The van der Waals surface area contributed by atoms with Crippen molar-refractivity contribution in [1.82, 2.24) is 10.2 Å². The smallest absolute Gasteiger partial charge is 0.306 e. The SMILES string of the molecule is Cc1ccc(C(=O)N2CCCC(C(=O)NC3CCC(C(=O)O)CC3)C2)cc1. The molecule has 0 bridgehead atoms. The van der Waals surface area contributed by atoms with E-state index < -0.39 is 5.97 Å². The highest BCUT2D eigenvalue weighted by molar-refractivity contribution is 5.94. The third kappa shape index (κ3) is 4.87. The highest BCUT2D eigenvalue weighted by Gasteiger charge is 2.32. The number of carbonyl (C=O) groups is 3. The third-order valence-electron chi connectivity index (χ3n) is 5.80. The van der Waals surface area contributed by atoms with Gasteiger partial charge in [0.2, 0.25) is 5.91 Å². The summed E-state index contributed by atoms with van der Waals surface area (Å²) in [6, 6.07) is 7.57. The highest BCUT2D eigenvalue weighted by atomic mass is 16.4. The van der Waals surface area contributed by atoms with Gasteiger partial charge < -0.3 is 15.3 Å². The molecule has 146 valence electrons. The monoisotopic (exact) mass is 372 g/mol. The number of carboxylic acid groups (broad SMARTS) is 1. The van der Waals surface area contributed by atoms with E-state index in [-0.39, 0.29) is 29.7 Å². The highest BCUT2D eigenvalue weighted by Crippen LogP contribution is 2.25. The fourth-order valence-corrected chi connectivity index (χ4v) is 4.06. The van der Waals surface area contributed by atoms with Crippen molar-refractivity contribution in [1.29, 1.82) is 0 Å². The largest absolute Gasteiger partial charge is 0.481 e. The van der Waals surface area contributed by atoms with Gasteiger partial charge >= 0.3 is 5.97 Å². The lowest BCUT2D eigenvalue weighted by Gasteiger charge is -2.34. The Morgan fingerprint density at radius 2 is 1.67 bits per heavy atom. The van der Waals surface area contributed by atoms with Crippen molar-refractivity contribution in [3.63, 3.8) is 0 Å². The van der Waals surface area contributed by atoms with Crippen LogP contribution < -0.4 is 5.32 Å². The Morgan fingerprint density at radius 1 is 1.00 bits per heavy atom. The van der Waals surface area contributed by atoms with Crippen LogP contribution in [0.3, 0.4) is 0 Å². The van der Waals surface area contributed by atoms with Crippen molar-refractivity contribution in [2.45, 2.75) is 51.5 Å². The number of hydrogen-bond donors (Lipinski definition) is 2. The van der Waals surface area contributed by atoms with Crippen molar-refractivity contribution >= 4 is 17.8 Å². The van der Waals surface area contributed by atoms with E-state index in [0.717, 1.165) is 18.4 Å². The molecule has 0 aromatic heterocycles. The summed E-state index contributed by atoms with van der Waals surface area (Å²) in [7, 11) is 0. The Bertz CT molecular complexity index is 693. The number of aliphatic carboxylic acids is 1. The van der Waals surface area contributed by atoms with Crippen molar-refractivity contribution < 1.29 is 19.5 Å². The molecule has 1 aromatic carbocycles. The van der Waals surface area contributed by atoms with Crippen LogP contribution >= 0.6 is 0 Å². The van der Waals surface area contributed by atoms with Gasteiger partial charge in [-0.1, -0.05) is 17.7 Å². The zero-order valence-corrected chi connectivity index (χ0v) is 15.8. The number of nitrogens with one attached hydrogen (secondary N) is 1. The standard InChI is InChI=1S/C21H28N2O4/c1-14-4-6-15(7-5-14)20(25)23-12-2-3-17(13-23)19(24)22-18-10-8-16(9-11-18)21(26)27/h4-7,16-18H,2-3,8-13H2,1H3,(H,22,24)(H,26,27). The van der Waals surface area contributed by atoms with Crippen molar-refractivity contribution in [3.8, 4) is 0 Å². The number of rotatable bonds is 4. The van der Waals surface area contributed by atoms with Gasteiger partial charge in [-0.15, -0.1) is 0 Å². The molecule has 6 nitrogen and oxygen atoms in total. The van der Waals surface area contributed by atoms with Crippen LogP contribution in [0.4, 0.5) is 0 Å². The van der Waals surface area contributed by atoms with Gasteiger partial charge in [-0.2, -0.15) is 0 Å². The summed E-state index contributed by atoms with van der Waals surface area (Å²) in [5.41, 5.74) is 1.77. The van der Waals surface area contributed by atoms with E-state index in [2.05, 4.69) is 5.32 Å². The second kappa shape index (κ2) is 8.55. The minimum absolute atomic E-state index is 0.00446. The number of nitrogens with zero attached hydrogens (tertiary/aromatic N) is 1. The van der Waals surface area contributed by atoms with E-state index in [1.54, 1.807) is 4.90 Å². The normalized spacial score (nSPS) is 25.7. The molecule has 1 aliphatic carbocycles. The van der Waals surface area contributed by atoms with Gasteiger partial charge in [-0.25, -0.2) is 0 Å². The predicted octanol–water partition coefficient (Wildman–Crippen LogP) is 2.61. The first-order valence-corrected chi connectivity index (χ1v) is 9.83. The van der Waals surface area contributed by atoms with E-state index in [9.17, 15) is 14.4 Å². The number of benzene rings is 1. The van der Waals surface area contributed by atoms with Gasteiger partial charge in [0.1, 0.15) is 0 Å². The topological polar surface area (TPSA) is 86.7 Å². The molecule has 6 heteroatoms. The zero-order valence-electron chi connectivity index (χ0n) is 15.8. The molecule has 2 N–H and O–H groups in total. The molecule has 0 radical (unpaired) electrons. The molecular formula is C21H28N2O4. The third-order valence-corrected chi connectivity index (χ3v) is 5.80. The summed E-state index contributed by atoms with van der Waals surface area (Å²) >= 11 is 0. The second-order valence-corrected chi connectivity index (χ2v) is 7.85. The lowest BCUT2D eigenvalue weighted by molar-refractivity contribution is -0.142. The molecule has 1 aliphatic heterocycles. The summed E-state index contributed by atoms with van der Waals surface area (Å²) < 4.78 is 0. The van der Waals surface area contributed by atoms with Gasteiger partial charge in [-0.05, 0) is 57.6 Å². The summed E-state index contributed by atoms with van der Waals surface area (Å²) in [5.74, 6) is -1.23.